The molecule has 1 N–H and O–H groups in total. The molecule has 1 aromatic heterocycles. The molecule has 5 heteroatoms. The van der Waals surface area contributed by atoms with E-state index in [0.29, 0.717) is 11.6 Å². The summed E-state index contributed by atoms with van der Waals surface area (Å²) in [5.74, 6) is 1.44. The lowest BCUT2D eigenvalue weighted by Gasteiger charge is -2.34. The number of carbonyl (C=O) groups is 1. The van der Waals surface area contributed by atoms with Crippen LogP contribution < -0.4 is 4.74 Å². The molecule has 170 valence electrons. The smallest absolute Gasteiger partial charge is 0.270 e. The molecule has 0 radical (unpaired) electrons. The summed E-state index contributed by atoms with van der Waals surface area (Å²) in [5.41, 5.74) is 4.40. The van der Waals surface area contributed by atoms with Crippen molar-refractivity contribution < 1.29 is 9.53 Å². The fraction of sp³-hybridized carbons (Fsp3) is 0.444. The number of aromatic nitrogens is 1. The minimum absolute atomic E-state index is 0.0844. The molecular weight excluding hydrogens is 398 g/mol. The topological polar surface area (TPSA) is 48.6 Å². The molecule has 0 saturated carbocycles. The summed E-state index contributed by atoms with van der Waals surface area (Å²) < 4.78 is 5.30. The van der Waals surface area contributed by atoms with E-state index < -0.39 is 0 Å². The standard InChI is InChI=1S/C27H35N3O2/c1-4-20-6-8-21(9-7-20)18-29-14-12-22(13-15-29)19-30(5-2)27(31)26-17-23-16-24(32-3)10-11-25(23)28-26/h6-11,16-17,22,28H,4-5,12-15,18-19H2,1-3H3. The van der Waals surface area contributed by atoms with E-state index in [1.54, 1.807) is 7.11 Å². The fourth-order valence-corrected chi connectivity index (χ4v) is 4.66. The Labute approximate surface area is 191 Å². The monoisotopic (exact) mass is 433 g/mol. The minimum Gasteiger partial charge on any atom is -0.497 e. The average molecular weight is 434 g/mol. The number of hydrogen-bond acceptors (Lipinski definition) is 3. The number of ether oxygens (including phenoxy) is 1. The molecule has 1 aliphatic rings. The molecule has 2 heterocycles. The zero-order chi connectivity index (χ0) is 22.5. The predicted octanol–water partition coefficient (Wildman–Crippen LogP) is 5.11. The third-order valence-electron chi connectivity index (χ3n) is 6.75. The quantitative estimate of drug-likeness (QED) is 0.537. The number of H-pyrrole nitrogens is 1. The van der Waals surface area contributed by atoms with Gasteiger partial charge < -0.3 is 14.6 Å². The van der Waals surface area contributed by atoms with E-state index >= 15 is 0 Å². The van der Waals surface area contributed by atoms with Gasteiger partial charge in [0, 0.05) is 30.5 Å². The Morgan fingerprint density at radius 3 is 2.44 bits per heavy atom. The molecule has 1 amide bonds. The molecule has 2 aromatic carbocycles. The lowest BCUT2D eigenvalue weighted by atomic mass is 9.95. The number of nitrogens with one attached hydrogen (secondary N) is 1. The molecule has 5 nitrogen and oxygen atoms in total. The van der Waals surface area contributed by atoms with Crippen LogP contribution in [-0.4, -0.2) is 54.0 Å². The number of fused-ring (bicyclic) bond motifs is 1. The van der Waals surface area contributed by atoms with E-state index in [1.807, 2.05) is 29.2 Å². The maximum atomic E-state index is 13.2. The number of amides is 1. The van der Waals surface area contributed by atoms with Crippen LogP contribution in [0.25, 0.3) is 10.9 Å². The van der Waals surface area contributed by atoms with E-state index in [1.165, 1.54) is 11.1 Å². The van der Waals surface area contributed by atoms with Gasteiger partial charge in [-0.25, -0.2) is 0 Å². The molecule has 32 heavy (non-hydrogen) atoms. The number of benzene rings is 2. The van der Waals surface area contributed by atoms with Crippen LogP contribution in [0.3, 0.4) is 0 Å². The van der Waals surface area contributed by atoms with Crippen LogP contribution in [0.15, 0.2) is 48.5 Å². The fourth-order valence-electron chi connectivity index (χ4n) is 4.66. The highest BCUT2D eigenvalue weighted by Gasteiger charge is 2.24. The summed E-state index contributed by atoms with van der Waals surface area (Å²) in [6.45, 7) is 9.02. The summed E-state index contributed by atoms with van der Waals surface area (Å²) in [4.78, 5) is 21.0. The maximum absolute atomic E-state index is 13.2. The van der Waals surface area contributed by atoms with Gasteiger partial charge in [-0.05, 0) is 80.6 Å². The van der Waals surface area contributed by atoms with Gasteiger partial charge >= 0.3 is 0 Å². The molecule has 0 atom stereocenters. The Bertz CT molecular complexity index is 1030. The number of piperidine rings is 1. The first kappa shape index (κ1) is 22.4. The zero-order valence-corrected chi connectivity index (χ0v) is 19.6. The van der Waals surface area contributed by atoms with Crippen LogP contribution >= 0.6 is 0 Å². The van der Waals surface area contributed by atoms with Gasteiger partial charge in [0.2, 0.25) is 0 Å². The third-order valence-corrected chi connectivity index (χ3v) is 6.75. The minimum atomic E-state index is 0.0844. The van der Waals surface area contributed by atoms with Gasteiger partial charge in [-0.15, -0.1) is 0 Å². The number of methoxy groups -OCH3 is 1. The highest BCUT2D eigenvalue weighted by Crippen LogP contribution is 2.24. The number of aryl methyl sites for hydroxylation is 1. The van der Waals surface area contributed by atoms with E-state index in [9.17, 15) is 4.79 Å². The first-order chi connectivity index (χ1) is 15.6. The molecule has 1 saturated heterocycles. The highest BCUT2D eigenvalue weighted by atomic mass is 16.5. The lowest BCUT2D eigenvalue weighted by molar-refractivity contribution is 0.0694. The number of rotatable bonds is 8. The van der Waals surface area contributed by atoms with Crippen molar-refractivity contribution in [2.24, 2.45) is 5.92 Å². The van der Waals surface area contributed by atoms with Crippen LogP contribution in [0.4, 0.5) is 0 Å². The van der Waals surface area contributed by atoms with Crippen molar-refractivity contribution in [2.75, 3.05) is 33.3 Å². The van der Waals surface area contributed by atoms with Gasteiger partial charge in [-0.3, -0.25) is 9.69 Å². The van der Waals surface area contributed by atoms with Gasteiger partial charge in [-0.1, -0.05) is 31.2 Å². The van der Waals surface area contributed by atoms with Crippen molar-refractivity contribution in [1.82, 2.24) is 14.8 Å². The largest absolute Gasteiger partial charge is 0.497 e. The second-order valence-corrected chi connectivity index (χ2v) is 8.87. The van der Waals surface area contributed by atoms with E-state index in [-0.39, 0.29) is 5.91 Å². The van der Waals surface area contributed by atoms with Crippen molar-refractivity contribution in [3.63, 3.8) is 0 Å². The molecule has 0 aliphatic carbocycles. The summed E-state index contributed by atoms with van der Waals surface area (Å²) in [5, 5.41) is 1.00. The SMILES string of the molecule is CCc1ccc(CN2CCC(CN(CC)C(=O)c3cc4cc(OC)ccc4[nH]3)CC2)cc1. The number of nitrogens with zero attached hydrogens (tertiary/aromatic N) is 2. The average Bonchev–Trinajstić information content (AvgIpc) is 3.27. The summed E-state index contributed by atoms with van der Waals surface area (Å²) in [6, 6.07) is 16.8. The van der Waals surface area contributed by atoms with Crippen molar-refractivity contribution in [2.45, 2.75) is 39.7 Å². The molecule has 0 bridgehead atoms. The van der Waals surface area contributed by atoms with Gasteiger partial charge in [-0.2, -0.15) is 0 Å². The van der Waals surface area contributed by atoms with Crippen molar-refractivity contribution in [3.8, 4) is 5.75 Å². The van der Waals surface area contributed by atoms with Crippen molar-refractivity contribution >= 4 is 16.8 Å². The molecule has 4 rings (SSSR count). The number of likely N-dealkylation sites (tertiary alicyclic amines) is 1. The molecule has 0 unspecified atom stereocenters. The van der Waals surface area contributed by atoms with Crippen LogP contribution in [-0.2, 0) is 13.0 Å². The molecule has 1 fully saturated rings. The second-order valence-electron chi connectivity index (χ2n) is 8.87. The summed E-state index contributed by atoms with van der Waals surface area (Å²) in [6.07, 6.45) is 3.37. The highest BCUT2D eigenvalue weighted by molar-refractivity contribution is 5.98. The first-order valence-corrected chi connectivity index (χ1v) is 11.9. The predicted molar refractivity (Wildman–Crippen MR) is 130 cm³/mol. The Morgan fingerprint density at radius 2 is 1.78 bits per heavy atom. The van der Waals surface area contributed by atoms with Crippen molar-refractivity contribution in [1.29, 1.82) is 0 Å². The van der Waals surface area contributed by atoms with E-state index in [2.05, 4.69) is 48.0 Å². The van der Waals surface area contributed by atoms with Crippen LogP contribution in [0.2, 0.25) is 0 Å². The Balaban J connectivity index is 1.32. The summed E-state index contributed by atoms with van der Waals surface area (Å²) in [7, 11) is 1.66. The molecule has 1 aliphatic heterocycles. The second kappa shape index (κ2) is 10.2. The Kier molecular flexibility index (Phi) is 7.15. The van der Waals surface area contributed by atoms with Crippen molar-refractivity contribution in [3.05, 3.63) is 65.4 Å². The Hall–Kier alpha value is -2.79. The molecular formula is C27H35N3O2. The summed E-state index contributed by atoms with van der Waals surface area (Å²) >= 11 is 0. The van der Waals surface area contributed by atoms with Crippen LogP contribution in [0.5, 0.6) is 5.75 Å². The maximum Gasteiger partial charge on any atom is 0.270 e. The zero-order valence-electron chi connectivity index (χ0n) is 19.6. The van der Waals surface area contributed by atoms with Gasteiger partial charge in [0.25, 0.3) is 5.91 Å². The molecule has 3 aromatic rings. The van der Waals surface area contributed by atoms with Crippen LogP contribution in [0.1, 0.15) is 48.3 Å². The lowest BCUT2D eigenvalue weighted by Crippen LogP contribution is -2.40. The number of aromatic amines is 1. The van der Waals surface area contributed by atoms with Crippen LogP contribution in [0, 0.1) is 5.92 Å². The number of carbonyl (C=O) groups excluding carboxylic acids is 1. The first-order valence-electron chi connectivity index (χ1n) is 11.9. The van der Waals surface area contributed by atoms with E-state index in [0.717, 1.165) is 68.6 Å². The van der Waals surface area contributed by atoms with Gasteiger partial charge in [0.1, 0.15) is 11.4 Å². The third kappa shape index (κ3) is 5.16. The normalized spacial score (nSPS) is 15.2. The van der Waals surface area contributed by atoms with E-state index in [4.69, 9.17) is 4.74 Å². The Morgan fingerprint density at radius 1 is 1.06 bits per heavy atom. The van der Waals surface area contributed by atoms with Gasteiger partial charge in [0.05, 0.1) is 7.11 Å². The number of hydrogen-bond donors (Lipinski definition) is 1. The molecule has 0 spiro atoms. The van der Waals surface area contributed by atoms with Gasteiger partial charge in [0.15, 0.2) is 0 Å².